The SMILES string of the molecule is CCC(NCc1ccc(C(=O)O)o1)c1ccc(Cl)cc1. The normalized spacial score (nSPS) is 12.3. The van der Waals surface area contributed by atoms with E-state index in [-0.39, 0.29) is 11.8 Å². The lowest BCUT2D eigenvalue weighted by atomic mass is 10.0. The summed E-state index contributed by atoms with van der Waals surface area (Å²) in [5.74, 6) is -0.489. The molecule has 0 aliphatic rings. The Hall–Kier alpha value is -1.78. The highest BCUT2D eigenvalue weighted by atomic mass is 35.5. The van der Waals surface area contributed by atoms with E-state index in [1.54, 1.807) is 6.07 Å². The lowest BCUT2D eigenvalue weighted by Gasteiger charge is -2.16. The number of furan rings is 1. The minimum Gasteiger partial charge on any atom is -0.475 e. The number of carboxylic acid groups (broad SMARTS) is 1. The third kappa shape index (κ3) is 3.62. The Morgan fingerprint density at radius 1 is 1.30 bits per heavy atom. The standard InChI is InChI=1S/C15H16ClNO3/c1-2-13(10-3-5-11(16)6-4-10)17-9-12-7-8-14(20-12)15(18)19/h3-8,13,17H,2,9H2,1H3,(H,18,19). The molecule has 0 fully saturated rings. The maximum absolute atomic E-state index is 10.7. The molecule has 0 aliphatic heterocycles. The van der Waals surface area contributed by atoms with Crippen molar-refractivity contribution >= 4 is 17.6 Å². The quantitative estimate of drug-likeness (QED) is 0.848. The molecular formula is C15H16ClNO3. The zero-order valence-electron chi connectivity index (χ0n) is 11.1. The summed E-state index contributed by atoms with van der Waals surface area (Å²) in [4.78, 5) is 10.7. The van der Waals surface area contributed by atoms with Crippen molar-refractivity contribution < 1.29 is 14.3 Å². The van der Waals surface area contributed by atoms with Crippen LogP contribution in [0.4, 0.5) is 0 Å². The zero-order chi connectivity index (χ0) is 14.5. The molecule has 1 aromatic carbocycles. The summed E-state index contributed by atoms with van der Waals surface area (Å²) in [6.45, 7) is 2.56. The van der Waals surface area contributed by atoms with Gasteiger partial charge in [0.25, 0.3) is 0 Å². The third-order valence-electron chi connectivity index (χ3n) is 3.08. The van der Waals surface area contributed by atoms with Gasteiger partial charge in [0, 0.05) is 11.1 Å². The number of carboxylic acids is 1. The van der Waals surface area contributed by atoms with Gasteiger partial charge in [0.15, 0.2) is 0 Å². The van der Waals surface area contributed by atoms with Gasteiger partial charge in [-0.15, -0.1) is 0 Å². The predicted molar refractivity (Wildman–Crippen MR) is 77.0 cm³/mol. The maximum atomic E-state index is 10.7. The van der Waals surface area contributed by atoms with Crippen molar-refractivity contribution in [2.75, 3.05) is 0 Å². The molecule has 2 N–H and O–H groups in total. The second-order valence-electron chi connectivity index (χ2n) is 4.46. The minimum atomic E-state index is -1.05. The van der Waals surface area contributed by atoms with Gasteiger partial charge in [-0.25, -0.2) is 4.79 Å². The van der Waals surface area contributed by atoms with Gasteiger partial charge in [0.05, 0.1) is 6.54 Å². The molecule has 2 rings (SSSR count). The molecule has 0 saturated heterocycles. The number of nitrogens with one attached hydrogen (secondary N) is 1. The van der Waals surface area contributed by atoms with Crippen LogP contribution >= 0.6 is 11.6 Å². The van der Waals surface area contributed by atoms with Gasteiger partial charge in [-0.1, -0.05) is 30.7 Å². The number of halogens is 1. The van der Waals surface area contributed by atoms with Gasteiger partial charge < -0.3 is 14.8 Å². The number of hydrogen-bond donors (Lipinski definition) is 2. The van der Waals surface area contributed by atoms with E-state index in [1.165, 1.54) is 6.07 Å². The van der Waals surface area contributed by atoms with E-state index in [0.29, 0.717) is 17.3 Å². The monoisotopic (exact) mass is 293 g/mol. The summed E-state index contributed by atoms with van der Waals surface area (Å²) in [6, 6.07) is 11.0. The molecule has 1 heterocycles. The largest absolute Gasteiger partial charge is 0.475 e. The Morgan fingerprint density at radius 2 is 2.00 bits per heavy atom. The summed E-state index contributed by atoms with van der Waals surface area (Å²) in [5.41, 5.74) is 1.14. The fourth-order valence-electron chi connectivity index (χ4n) is 2.00. The molecule has 0 spiro atoms. The second kappa shape index (κ2) is 6.59. The molecule has 4 nitrogen and oxygen atoms in total. The van der Waals surface area contributed by atoms with Gasteiger partial charge in [-0.3, -0.25) is 0 Å². The number of rotatable bonds is 6. The summed E-state index contributed by atoms with van der Waals surface area (Å²) in [7, 11) is 0. The van der Waals surface area contributed by atoms with E-state index in [9.17, 15) is 4.79 Å². The van der Waals surface area contributed by atoms with Crippen molar-refractivity contribution in [3.05, 3.63) is 58.5 Å². The van der Waals surface area contributed by atoms with Gasteiger partial charge >= 0.3 is 5.97 Å². The smallest absolute Gasteiger partial charge is 0.371 e. The molecule has 0 saturated carbocycles. The third-order valence-corrected chi connectivity index (χ3v) is 3.33. The van der Waals surface area contributed by atoms with E-state index in [1.807, 2.05) is 24.3 Å². The molecule has 0 amide bonds. The van der Waals surface area contributed by atoms with E-state index >= 15 is 0 Å². The molecule has 0 bridgehead atoms. The molecular weight excluding hydrogens is 278 g/mol. The molecule has 106 valence electrons. The molecule has 1 atom stereocenters. The number of hydrogen-bond acceptors (Lipinski definition) is 3. The lowest BCUT2D eigenvalue weighted by molar-refractivity contribution is 0.0660. The Bertz CT molecular complexity index is 577. The van der Waals surface area contributed by atoms with Crippen LogP contribution in [-0.4, -0.2) is 11.1 Å². The van der Waals surface area contributed by atoms with Crippen molar-refractivity contribution in [3.8, 4) is 0 Å². The van der Waals surface area contributed by atoms with Crippen LogP contribution in [-0.2, 0) is 6.54 Å². The van der Waals surface area contributed by atoms with E-state index in [2.05, 4.69) is 12.2 Å². The van der Waals surface area contributed by atoms with Crippen LogP contribution in [0, 0.1) is 0 Å². The molecule has 1 aromatic heterocycles. The second-order valence-corrected chi connectivity index (χ2v) is 4.90. The Balaban J connectivity index is 1.99. The van der Waals surface area contributed by atoms with E-state index < -0.39 is 5.97 Å². The summed E-state index contributed by atoms with van der Waals surface area (Å²) >= 11 is 5.87. The Labute approximate surface area is 122 Å². The predicted octanol–water partition coefficient (Wildman–Crippen LogP) is 3.87. The fraction of sp³-hybridized carbons (Fsp3) is 0.267. The summed E-state index contributed by atoms with van der Waals surface area (Å²) < 4.78 is 5.21. The minimum absolute atomic E-state index is 0.0404. The lowest BCUT2D eigenvalue weighted by Crippen LogP contribution is -2.19. The maximum Gasteiger partial charge on any atom is 0.371 e. The van der Waals surface area contributed by atoms with Crippen LogP contribution in [0.3, 0.4) is 0 Å². The van der Waals surface area contributed by atoms with Gasteiger partial charge in [0.1, 0.15) is 5.76 Å². The first-order valence-corrected chi connectivity index (χ1v) is 6.78. The molecule has 5 heteroatoms. The van der Waals surface area contributed by atoms with Crippen LogP contribution < -0.4 is 5.32 Å². The van der Waals surface area contributed by atoms with Crippen LogP contribution in [0.2, 0.25) is 5.02 Å². The first-order chi connectivity index (χ1) is 9.60. The molecule has 1 unspecified atom stereocenters. The van der Waals surface area contributed by atoms with Crippen molar-refractivity contribution in [1.29, 1.82) is 0 Å². The summed E-state index contributed by atoms with van der Waals surface area (Å²) in [6.07, 6.45) is 0.911. The highest BCUT2D eigenvalue weighted by Gasteiger charge is 2.12. The van der Waals surface area contributed by atoms with E-state index in [4.69, 9.17) is 21.1 Å². The molecule has 0 aliphatic carbocycles. The van der Waals surface area contributed by atoms with Crippen molar-refractivity contribution in [1.82, 2.24) is 5.32 Å². The molecule has 2 aromatic rings. The van der Waals surface area contributed by atoms with E-state index in [0.717, 1.165) is 12.0 Å². The topological polar surface area (TPSA) is 62.5 Å². The van der Waals surface area contributed by atoms with Crippen LogP contribution in [0.25, 0.3) is 0 Å². The average molecular weight is 294 g/mol. The first-order valence-electron chi connectivity index (χ1n) is 6.41. The Morgan fingerprint density at radius 3 is 2.55 bits per heavy atom. The van der Waals surface area contributed by atoms with Gasteiger partial charge in [0.2, 0.25) is 5.76 Å². The molecule has 0 radical (unpaired) electrons. The molecule has 20 heavy (non-hydrogen) atoms. The first kappa shape index (κ1) is 14.6. The van der Waals surface area contributed by atoms with Gasteiger partial charge in [-0.05, 0) is 36.2 Å². The Kier molecular flexibility index (Phi) is 4.82. The fourth-order valence-corrected chi connectivity index (χ4v) is 2.13. The average Bonchev–Trinajstić information content (AvgIpc) is 2.90. The highest BCUT2D eigenvalue weighted by molar-refractivity contribution is 6.30. The number of benzene rings is 1. The highest BCUT2D eigenvalue weighted by Crippen LogP contribution is 2.20. The zero-order valence-corrected chi connectivity index (χ0v) is 11.9. The van der Waals surface area contributed by atoms with Crippen molar-refractivity contribution in [2.45, 2.75) is 25.9 Å². The van der Waals surface area contributed by atoms with Crippen LogP contribution in [0.5, 0.6) is 0 Å². The summed E-state index contributed by atoms with van der Waals surface area (Å²) in [5, 5.41) is 12.9. The number of carbonyl (C=O) groups is 1. The van der Waals surface area contributed by atoms with Gasteiger partial charge in [-0.2, -0.15) is 0 Å². The number of aromatic carboxylic acids is 1. The van der Waals surface area contributed by atoms with Crippen molar-refractivity contribution in [2.24, 2.45) is 0 Å². The van der Waals surface area contributed by atoms with Crippen molar-refractivity contribution in [3.63, 3.8) is 0 Å². The van der Waals surface area contributed by atoms with Crippen LogP contribution in [0.1, 0.15) is 41.3 Å². The van der Waals surface area contributed by atoms with Crippen LogP contribution in [0.15, 0.2) is 40.8 Å².